The summed E-state index contributed by atoms with van der Waals surface area (Å²) in [5.41, 5.74) is 1.90. The second-order valence-electron chi connectivity index (χ2n) is 8.26. The van der Waals surface area contributed by atoms with Crippen molar-refractivity contribution in [2.45, 2.75) is 38.9 Å². The molecule has 0 unspecified atom stereocenters. The van der Waals surface area contributed by atoms with Crippen molar-refractivity contribution >= 4 is 43.7 Å². The highest BCUT2D eigenvalue weighted by Gasteiger charge is 2.31. The standard InChI is InChI=1S/C27H28Br2N2O3/c1-19(2)30-27(33)25(16-20-7-4-3-5-8-20)31(17-21-9-6-10-23(29)15-21)26(32)18-34-24-13-11-22(28)12-14-24/h3-15,19,25H,16-18H2,1-2H3,(H,30,33)/t25-/m1/s1. The highest BCUT2D eigenvalue weighted by Crippen LogP contribution is 2.20. The fraction of sp³-hybridized carbons (Fsp3) is 0.259. The molecular weight excluding hydrogens is 560 g/mol. The smallest absolute Gasteiger partial charge is 0.261 e. The summed E-state index contributed by atoms with van der Waals surface area (Å²) in [6, 6.07) is 24.0. The van der Waals surface area contributed by atoms with Gasteiger partial charge in [0, 0.05) is 28.0 Å². The molecule has 2 amide bonds. The van der Waals surface area contributed by atoms with Gasteiger partial charge in [0.25, 0.3) is 5.91 Å². The number of amides is 2. The monoisotopic (exact) mass is 586 g/mol. The third kappa shape index (κ3) is 7.99. The first kappa shape index (κ1) is 26.0. The minimum atomic E-state index is -0.690. The van der Waals surface area contributed by atoms with Crippen LogP contribution in [0.25, 0.3) is 0 Å². The first-order valence-corrected chi connectivity index (χ1v) is 12.7. The summed E-state index contributed by atoms with van der Waals surface area (Å²) in [5.74, 6) is 0.138. The number of ether oxygens (including phenoxy) is 1. The zero-order valence-corrected chi connectivity index (χ0v) is 22.4. The lowest BCUT2D eigenvalue weighted by atomic mass is 10.0. The van der Waals surface area contributed by atoms with Gasteiger partial charge in [0.05, 0.1) is 0 Å². The number of hydrogen-bond acceptors (Lipinski definition) is 3. The van der Waals surface area contributed by atoms with E-state index in [2.05, 4.69) is 37.2 Å². The first-order valence-electron chi connectivity index (χ1n) is 11.1. The van der Waals surface area contributed by atoms with Gasteiger partial charge in [0.1, 0.15) is 11.8 Å². The molecule has 0 saturated heterocycles. The van der Waals surface area contributed by atoms with Crippen molar-refractivity contribution in [2.75, 3.05) is 6.61 Å². The Hall–Kier alpha value is -2.64. The molecule has 0 aliphatic carbocycles. The second kappa shape index (κ2) is 12.7. The molecule has 34 heavy (non-hydrogen) atoms. The maximum absolute atomic E-state index is 13.5. The van der Waals surface area contributed by atoms with Gasteiger partial charge in [-0.2, -0.15) is 0 Å². The number of benzene rings is 3. The lowest BCUT2D eigenvalue weighted by molar-refractivity contribution is -0.143. The topological polar surface area (TPSA) is 58.6 Å². The molecule has 0 fully saturated rings. The number of halogens is 2. The van der Waals surface area contributed by atoms with E-state index >= 15 is 0 Å². The minimum absolute atomic E-state index is 0.0485. The molecule has 3 rings (SSSR count). The SMILES string of the molecule is CC(C)NC(=O)[C@@H](Cc1ccccc1)N(Cc1cccc(Br)c1)C(=O)COc1ccc(Br)cc1. The molecule has 1 atom stereocenters. The molecule has 0 spiro atoms. The molecule has 0 aliphatic heterocycles. The minimum Gasteiger partial charge on any atom is -0.484 e. The second-order valence-corrected chi connectivity index (χ2v) is 10.1. The van der Waals surface area contributed by atoms with E-state index in [0.29, 0.717) is 12.2 Å². The van der Waals surface area contributed by atoms with E-state index in [1.807, 2.05) is 80.6 Å². The van der Waals surface area contributed by atoms with Gasteiger partial charge < -0.3 is 15.0 Å². The number of nitrogens with zero attached hydrogens (tertiary/aromatic N) is 1. The van der Waals surface area contributed by atoms with Crippen molar-refractivity contribution in [1.82, 2.24) is 10.2 Å². The van der Waals surface area contributed by atoms with Crippen molar-refractivity contribution in [3.8, 4) is 5.75 Å². The molecule has 0 bridgehead atoms. The van der Waals surface area contributed by atoms with Gasteiger partial charge >= 0.3 is 0 Å². The number of rotatable bonds is 10. The van der Waals surface area contributed by atoms with Gasteiger partial charge in [0.15, 0.2) is 6.61 Å². The lowest BCUT2D eigenvalue weighted by Crippen LogP contribution is -2.52. The van der Waals surface area contributed by atoms with Crippen LogP contribution in [-0.4, -0.2) is 35.4 Å². The van der Waals surface area contributed by atoms with E-state index < -0.39 is 6.04 Å². The van der Waals surface area contributed by atoms with E-state index in [1.54, 1.807) is 17.0 Å². The highest BCUT2D eigenvalue weighted by atomic mass is 79.9. The summed E-state index contributed by atoms with van der Waals surface area (Å²) in [4.78, 5) is 28.4. The van der Waals surface area contributed by atoms with E-state index in [-0.39, 0.29) is 31.0 Å². The first-order chi connectivity index (χ1) is 16.3. The van der Waals surface area contributed by atoms with Crippen molar-refractivity contribution < 1.29 is 14.3 Å². The van der Waals surface area contributed by atoms with Crippen molar-refractivity contribution in [2.24, 2.45) is 0 Å². The van der Waals surface area contributed by atoms with Gasteiger partial charge in [-0.25, -0.2) is 0 Å². The van der Waals surface area contributed by atoms with Crippen LogP contribution in [0.15, 0.2) is 87.8 Å². The summed E-state index contributed by atoms with van der Waals surface area (Å²) in [7, 11) is 0. The van der Waals surface area contributed by atoms with Crippen molar-refractivity contribution in [1.29, 1.82) is 0 Å². The zero-order valence-electron chi connectivity index (χ0n) is 19.2. The predicted molar refractivity (Wildman–Crippen MR) is 142 cm³/mol. The number of nitrogens with one attached hydrogen (secondary N) is 1. The predicted octanol–water partition coefficient (Wildman–Crippen LogP) is 5.76. The molecule has 0 aromatic heterocycles. The quantitative estimate of drug-likeness (QED) is 0.328. The van der Waals surface area contributed by atoms with Crippen LogP contribution in [0.2, 0.25) is 0 Å². The number of hydrogen-bond donors (Lipinski definition) is 1. The summed E-state index contributed by atoms with van der Waals surface area (Å²) < 4.78 is 7.61. The summed E-state index contributed by atoms with van der Waals surface area (Å²) in [6.45, 7) is 3.93. The Morgan fingerprint density at radius 3 is 2.21 bits per heavy atom. The van der Waals surface area contributed by atoms with E-state index in [4.69, 9.17) is 4.74 Å². The highest BCUT2D eigenvalue weighted by molar-refractivity contribution is 9.10. The van der Waals surface area contributed by atoms with Gasteiger partial charge in [-0.15, -0.1) is 0 Å². The van der Waals surface area contributed by atoms with Crippen LogP contribution >= 0.6 is 31.9 Å². The summed E-state index contributed by atoms with van der Waals surface area (Å²) in [5, 5.41) is 2.99. The van der Waals surface area contributed by atoms with Crippen LogP contribution in [0.5, 0.6) is 5.75 Å². The Balaban J connectivity index is 1.90. The van der Waals surface area contributed by atoms with E-state index in [1.165, 1.54) is 0 Å². The lowest BCUT2D eigenvalue weighted by Gasteiger charge is -2.32. The molecule has 0 aliphatic rings. The normalized spacial score (nSPS) is 11.7. The fourth-order valence-electron chi connectivity index (χ4n) is 3.53. The Kier molecular flexibility index (Phi) is 9.72. The van der Waals surface area contributed by atoms with E-state index in [0.717, 1.165) is 20.1 Å². The van der Waals surface area contributed by atoms with Gasteiger partial charge in [-0.3, -0.25) is 9.59 Å². The maximum atomic E-state index is 13.5. The molecular formula is C27H28Br2N2O3. The van der Waals surface area contributed by atoms with Crippen LogP contribution in [0.1, 0.15) is 25.0 Å². The third-order valence-electron chi connectivity index (χ3n) is 5.12. The molecule has 5 nitrogen and oxygen atoms in total. The average Bonchev–Trinajstić information content (AvgIpc) is 2.81. The average molecular weight is 588 g/mol. The van der Waals surface area contributed by atoms with Crippen molar-refractivity contribution in [3.63, 3.8) is 0 Å². The Bertz CT molecular complexity index is 1090. The van der Waals surface area contributed by atoms with Crippen LogP contribution in [-0.2, 0) is 22.6 Å². The van der Waals surface area contributed by atoms with Crippen LogP contribution in [0, 0.1) is 0 Å². The van der Waals surface area contributed by atoms with Gasteiger partial charge in [0.2, 0.25) is 5.91 Å². The fourth-order valence-corrected chi connectivity index (χ4v) is 4.24. The number of carbonyl (C=O) groups excluding carboxylic acids is 2. The third-order valence-corrected chi connectivity index (χ3v) is 6.14. The molecule has 7 heteroatoms. The maximum Gasteiger partial charge on any atom is 0.261 e. The molecule has 0 saturated carbocycles. The Labute approximate surface area is 217 Å². The van der Waals surface area contributed by atoms with E-state index in [9.17, 15) is 9.59 Å². The Morgan fingerprint density at radius 1 is 0.882 bits per heavy atom. The molecule has 0 heterocycles. The number of carbonyl (C=O) groups is 2. The molecule has 178 valence electrons. The molecule has 0 radical (unpaired) electrons. The summed E-state index contributed by atoms with van der Waals surface area (Å²) >= 11 is 6.90. The van der Waals surface area contributed by atoms with Crippen LogP contribution in [0.4, 0.5) is 0 Å². The Morgan fingerprint density at radius 2 is 1.56 bits per heavy atom. The zero-order chi connectivity index (χ0) is 24.5. The molecule has 3 aromatic rings. The molecule has 3 aromatic carbocycles. The summed E-state index contributed by atoms with van der Waals surface area (Å²) in [6.07, 6.45) is 0.400. The van der Waals surface area contributed by atoms with Gasteiger partial charge in [-0.1, -0.05) is 74.3 Å². The van der Waals surface area contributed by atoms with Crippen LogP contribution in [0.3, 0.4) is 0 Å². The largest absolute Gasteiger partial charge is 0.484 e. The van der Waals surface area contributed by atoms with Crippen LogP contribution < -0.4 is 10.1 Å². The van der Waals surface area contributed by atoms with Gasteiger partial charge in [-0.05, 0) is 61.4 Å². The van der Waals surface area contributed by atoms with Crippen molar-refractivity contribution in [3.05, 3.63) is 98.9 Å². The molecule has 1 N–H and O–H groups in total.